The van der Waals surface area contributed by atoms with Gasteiger partial charge in [0, 0.05) is 22.2 Å². The molecule has 0 amide bonds. The molecule has 0 saturated heterocycles. The molecule has 0 unspecified atom stereocenters. The molecule has 0 aliphatic rings. The summed E-state index contributed by atoms with van der Waals surface area (Å²) < 4.78 is 1.58. The largest absolute Gasteiger partial charge is 0.288 e. The summed E-state index contributed by atoms with van der Waals surface area (Å²) in [7, 11) is 0. The highest BCUT2D eigenvalue weighted by atomic mass is 35.5. The predicted octanol–water partition coefficient (Wildman–Crippen LogP) is 5.36. The van der Waals surface area contributed by atoms with Gasteiger partial charge in [-0.15, -0.1) is 0 Å². The standard InChI is InChI=1S/C15H8Cl3N5O2S/c16-9-2-3-10(12(18)6-9)14-20-21-15(26)22(14)19-7-8-1-4-11(17)13(5-8)23(24)25/h1-7H,(H,21,26). The molecule has 3 aromatic rings. The Morgan fingerprint density at radius 3 is 2.65 bits per heavy atom. The van der Waals surface area contributed by atoms with Crippen molar-refractivity contribution in [1.29, 1.82) is 0 Å². The molecule has 0 radical (unpaired) electrons. The van der Waals surface area contributed by atoms with Crippen LogP contribution in [-0.4, -0.2) is 26.0 Å². The maximum atomic E-state index is 11.0. The van der Waals surface area contributed by atoms with E-state index in [1.165, 1.54) is 23.0 Å². The van der Waals surface area contributed by atoms with Crippen molar-refractivity contribution >= 4 is 58.9 Å². The van der Waals surface area contributed by atoms with Crippen LogP contribution in [0.2, 0.25) is 15.1 Å². The van der Waals surface area contributed by atoms with Crippen molar-refractivity contribution in [3.05, 3.63) is 71.9 Å². The molecule has 0 bridgehead atoms. The van der Waals surface area contributed by atoms with Crippen LogP contribution in [0.25, 0.3) is 11.4 Å². The summed E-state index contributed by atoms with van der Waals surface area (Å²) in [6, 6.07) is 9.26. The van der Waals surface area contributed by atoms with Gasteiger partial charge in [0.2, 0.25) is 4.77 Å². The highest BCUT2D eigenvalue weighted by molar-refractivity contribution is 7.71. The Balaban J connectivity index is 2.03. The van der Waals surface area contributed by atoms with E-state index >= 15 is 0 Å². The minimum Gasteiger partial charge on any atom is -0.258 e. The third-order valence-corrected chi connectivity index (χ3v) is 4.44. The quantitative estimate of drug-likeness (QED) is 0.262. The predicted molar refractivity (Wildman–Crippen MR) is 104 cm³/mol. The third-order valence-electron chi connectivity index (χ3n) is 3.31. The molecule has 0 aliphatic carbocycles. The lowest BCUT2D eigenvalue weighted by atomic mass is 10.2. The lowest BCUT2D eigenvalue weighted by Gasteiger charge is -2.04. The molecule has 132 valence electrons. The van der Waals surface area contributed by atoms with E-state index in [4.69, 9.17) is 47.0 Å². The Labute approximate surface area is 167 Å². The number of benzene rings is 2. The third kappa shape index (κ3) is 3.78. The lowest BCUT2D eigenvalue weighted by Crippen LogP contribution is -1.96. The molecule has 1 heterocycles. The summed E-state index contributed by atoms with van der Waals surface area (Å²) in [5, 5.41) is 22.9. The molecule has 0 aliphatic heterocycles. The van der Waals surface area contributed by atoms with E-state index < -0.39 is 4.92 Å². The molecule has 7 nitrogen and oxygen atoms in total. The second-order valence-electron chi connectivity index (χ2n) is 5.00. The summed E-state index contributed by atoms with van der Waals surface area (Å²) >= 11 is 23.1. The van der Waals surface area contributed by atoms with Crippen LogP contribution in [0.1, 0.15) is 5.56 Å². The molecule has 26 heavy (non-hydrogen) atoms. The van der Waals surface area contributed by atoms with Crippen molar-refractivity contribution in [2.24, 2.45) is 5.10 Å². The van der Waals surface area contributed by atoms with Gasteiger partial charge in [-0.05, 0) is 36.5 Å². The monoisotopic (exact) mass is 427 g/mol. The highest BCUT2D eigenvalue weighted by Crippen LogP contribution is 2.29. The van der Waals surface area contributed by atoms with E-state index in [1.54, 1.807) is 24.3 Å². The topological polar surface area (TPSA) is 89.1 Å². The zero-order valence-corrected chi connectivity index (χ0v) is 15.8. The highest BCUT2D eigenvalue weighted by Gasteiger charge is 2.14. The van der Waals surface area contributed by atoms with Crippen molar-refractivity contribution in [2.75, 3.05) is 0 Å². The maximum Gasteiger partial charge on any atom is 0.288 e. The van der Waals surface area contributed by atoms with Gasteiger partial charge in [-0.3, -0.25) is 10.1 Å². The van der Waals surface area contributed by atoms with Crippen molar-refractivity contribution in [1.82, 2.24) is 14.9 Å². The molecule has 3 rings (SSSR count). The normalized spacial score (nSPS) is 11.2. The average molecular weight is 429 g/mol. The minimum absolute atomic E-state index is 0.0423. The van der Waals surface area contributed by atoms with Crippen LogP contribution in [0.5, 0.6) is 0 Å². The Bertz CT molecular complexity index is 1090. The van der Waals surface area contributed by atoms with Gasteiger partial charge in [-0.1, -0.05) is 40.9 Å². The number of rotatable bonds is 4. The Morgan fingerprint density at radius 1 is 1.19 bits per heavy atom. The maximum absolute atomic E-state index is 11.0. The number of aromatic nitrogens is 3. The van der Waals surface area contributed by atoms with Crippen LogP contribution in [0.3, 0.4) is 0 Å². The fourth-order valence-corrected chi connectivity index (χ4v) is 2.98. The summed E-state index contributed by atoms with van der Waals surface area (Å²) in [5.41, 5.74) is 0.826. The number of hydrogen-bond acceptors (Lipinski definition) is 5. The van der Waals surface area contributed by atoms with E-state index in [1.807, 2.05) is 0 Å². The van der Waals surface area contributed by atoms with Crippen LogP contribution in [0, 0.1) is 14.9 Å². The number of H-pyrrole nitrogens is 1. The van der Waals surface area contributed by atoms with Gasteiger partial charge in [0.1, 0.15) is 5.02 Å². The summed E-state index contributed by atoms with van der Waals surface area (Å²) in [5.74, 6) is 0.372. The molecular formula is C15H8Cl3N5O2S. The van der Waals surface area contributed by atoms with E-state index in [-0.39, 0.29) is 15.5 Å². The zero-order valence-electron chi connectivity index (χ0n) is 12.7. The number of nitro benzene ring substituents is 1. The number of nitrogens with zero attached hydrogens (tertiary/aromatic N) is 4. The van der Waals surface area contributed by atoms with Gasteiger partial charge in [-0.25, -0.2) is 5.10 Å². The van der Waals surface area contributed by atoms with Gasteiger partial charge in [0.25, 0.3) is 5.69 Å². The summed E-state index contributed by atoms with van der Waals surface area (Å²) in [6.07, 6.45) is 1.40. The van der Waals surface area contributed by atoms with E-state index in [2.05, 4.69) is 15.3 Å². The van der Waals surface area contributed by atoms with Crippen molar-refractivity contribution < 1.29 is 4.92 Å². The zero-order chi connectivity index (χ0) is 18.8. The molecule has 0 fully saturated rings. The fourth-order valence-electron chi connectivity index (χ4n) is 2.12. The van der Waals surface area contributed by atoms with Gasteiger partial charge >= 0.3 is 0 Å². The van der Waals surface area contributed by atoms with Crippen LogP contribution < -0.4 is 0 Å². The Kier molecular flexibility index (Phi) is 5.38. The average Bonchev–Trinajstić information content (AvgIpc) is 2.94. The van der Waals surface area contributed by atoms with Crippen molar-refractivity contribution in [3.8, 4) is 11.4 Å². The summed E-state index contributed by atoms with van der Waals surface area (Å²) in [4.78, 5) is 10.4. The molecule has 1 N–H and O–H groups in total. The first-order valence-electron chi connectivity index (χ1n) is 6.98. The fraction of sp³-hybridized carbons (Fsp3) is 0. The van der Waals surface area contributed by atoms with Crippen LogP contribution in [0.15, 0.2) is 41.5 Å². The number of halogens is 3. The van der Waals surface area contributed by atoms with Gasteiger partial charge in [0.05, 0.1) is 16.2 Å². The number of hydrogen-bond donors (Lipinski definition) is 1. The molecule has 0 saturated carbocycles. The minimum atomic E-state index is -0.567. The number of nitrogens with one attached hydrogen (secondary N) is 1. The lowest BCUT2D eigenvalue weighted by molar-refractivity contribution is -0.384. The first-order chi connectivity index (χ1) is 12.4. The number of nitro groups is 1. The molecule has 2 aromatic carbocycles. The number of aromatic amines is 1. The van der Waals surface area contributed by atoms with E-state index in [0.29, 0.717) is 27.0 Å². The van der Waals surface area contributed by atoms with E-state index in [9.17, 15) is 10.1 Å². The first kappa shape index (κ1) is 18.5. The van der Waals surface area contributed by atoms with Crippen LogP contribution in [-0.2, 0) is 0 Å². The second kappa shape index (κ2) is 7.55. The van der Waals surface area contributed by atoms with Gasteiger partial charge in [0.15, 0.2) is 5.82 Å². The molecule has 0 spiro atoms. The SMILES string of the molecule is O=[N+]([O-])c1cc(C=Nn2c(-c3ccc(Cl)cc3Cl)n[nH]c2=S)ccc1Cl. The Morgan fingerprint density at radius 2 is 1.96 bits per heavy atom. The molecular weight excluding hydrogens is 421 g/mol. The first-order valence-corrected chi connectivity index (χ1v) is 8.52. The Hall–Kier alpha value is -2.26. The van der Waals surface area contributed by atoms with Crippen LogP contribution in [0.4, 0.5) is 5.69 Å². The van der Waals surface area contributed by atoms with Crippen molar-refractivity contribution in [3.63, 3.8) is 0 Å². The van der Waals surface area contributed by atoms with Crippen LogP contribution >= 0.6 is 47.0 Å². The van der Waals surface area contributed by atoms with Crippen molar-refractivity contribution in [2.45, 2.75) is 0 Å². The smallest absolute Gasteiger partial charge is 0.258 e. The second-order valence-corrected chi connectivity index (χ2v) is 6.64. The molecule has 11 heteroatoms. The summed E-state index contributed by atoms with van der Waals surface area (Å²) in [6.45, 7) is 0. The van der Waals surface area contributed by atoms with Gasteiger partial charge < -0.3 is 0 Å². The van der Waals surface area contributed by atoms with E-state index in [0.717, 1.165) is 0 Å². The molecule has 0 atom stereocenters. The molecule has 1 aromatic heterocycles. The van der Waals surface area contributed by atoms with Gasteiger partial charge in [-0.2, -0.15) is 14.9 Å².